The summed E-state index contributed by atoms with van der Waals surface area (Å²) in [4.78, 5) is 85.6. The third kappa shape index (κ3) is 20.0. The van der Waals surface area contributed by atoms with Gasteiger partial charge < -0.3 is 61.0 Å². The van der Waals surface area contributed by atoms with Crippen molar-refractivity contribution in [3.8, 4) is 0 Å². The van der Waals surface area contributed by atoms with E-state index in [1.54, 1.807) is 13.8 Å². The standard InChI is InChI=1S/C31H61N13O6/c1-17(2)16-23(40-19(5)45)28(49)42-22(12-9-15-39-31(36)37)27(48)44-24(18(3)4)29(50)43-21(10-6-7-13-32)26(47)41-20(25(33)46)11-8-14-38-30(34)35/h17-18,20-24H,6-16,32H2,1-5H3,(H2,33,46)(H,40,45)(H,41,47)(H,42,49)(H,43,50)(H,44,48)(H4,34,35,38)(H4,36,37,39)/t20-,21-,22-,23-,24-/m0/s1. The van der Waals surface area contributed by atoms with E-state index in [1.165, 1.54) is 6.92 Å². The van der Waals surface area contributed by atoms with Gasteiger partial charge in [-0.05, 0) is 69.7 Å². The Balaban J connectivity index is 6.07. The van der Waals surface area contributed by atoms with Crippen molar-refractivity contribution in [2.75, 3.05) is 19.6 Å². The number of carbonyl (C=O) groups excluding carboxylic acids is 6. The van der Waals surface area contributed by atoms with Gasteiger partial charge in [-0.1, -0.05) is 27.7 Å². The van der Waals surface area contributed by atoms with E-state index in [1.807, 2.05) is 13.8 Å². The number of nitrogens with two attached hydrogens (primary N) is 6. The van der Waals surface area contributed by atoms with Crippen molar-refractivity contribution in [3.63, 3.8) is 0 Å². The van der Waals surface area contributed by atoms with E-state index < -0.39 is 71.6 Å². The number of aliphatic imine (C=N–C) groups is 2. The molecule has 0 aromatic carbocycles. The van der Waals surface area contributed by atoms with Crippen molar-refractivity contribution in [1.29, 1.82) is 0 Å². The number of amides is 6. The highest BCUT2D eigenvalue weighted by molar-refractivity contribution is 5.96. The van der Waals surface area contributed by atoms with Crippen LogP contribution in [0.15, 0.2) is 9.98 Å². The quantitative estimate of drug-likeness (QED) is 0.0255. The first kappa shape index (κ1) is 45.3. The molecule has 50 heavy (non-hydrogen) atoms. The Bertz CT molecular complexity index is 1170. The first-order valence-corrected chi connectivity index (χ1v) is 17.0. The number of nitrogens with one attached hydrogen (secondary N) is 5. The third-order valence-electron chi connectivity index (χ3n) is 7.41. The molecule has 0 saturated carbocycles. The second-order valence-corrected chi connectivity index (χ2v) is 12.9. The number of hydrogen-bond acceptors (Lipinski definition) is 9. The molecule has 0 rings (SSSR count). The number of nitrogens with zero attached hydrogens (tertiary/aromatic N) is 2. The van der Waals surface area contributed by atoms with Gasteiger partial charge in [0, 0.05) is 20.0 Å². The Kier molecular flexibility index (Phi) is 22.2. The summed E-state index contributed by atoms with van der Waals surface area (Å²) in [5.74, 6) is -4.36. The molecule has 19 heteroatoms. The average Bonchev–Trinajstić information content (AvgIpc) is 3.00. The molecule has 0 aromatic rings. The van der Waals surface area contributed by atoms with Gasteiger partial charge in [0.05, 0.1) is 0 Å². The van der Waals surface area contributed by atoms with Crippen molar-refractivity contribution in [2.45, 2.75) is 116 Å². The van der Waals surface area contributed by atoms with Crippen molar-refractivity contribution in [1.82, 2.24) is 26.6 Å². The SMILES string of the molecule is CC(=O)N[C@@H](CC(C)C)C(=O)N[C@@H](CCCN=C(N)N)C(=O)N[C@H](C(=O)N[C@@H](CCCCN)C(=O)N[C@@H](CCCN=C(N)N)C(N)=O)C(C)C. The van der Waals surface area contributed by atoms with Crippen LogP contribution in [0, 0.1) is 11.8 Å². The minimum absolute atomic E-state index is 0.0544. The zero-order chi connectivity index (χ0) is 38.4. The molecule has 0 bridgehead atoms. The van der Waals surface area contributed by atoms with Crippen LogP contribution in [0.3, 0.4) is 0 Å². The Morgan fingerprint density at radius 2 is 1.00 bits per heavy atom. The Morgan fingerprint density at radius 1 is 0.560 bits per heavy atom. The van der Waals surface area contributed by atoms with Gasteiger partial charge >= 0.3 is 0 Å². The largest absolute Gasteiger partial charge is 0.370 e. The van der Waals surface area contributed by atoms with Crippen molar-refractivity contribution < 1.29 is 28.8 Å². The van der Waals surface area contributed by atoms with Gasteiger partial charge in [0.15, 0.2) is 11.9 Å². The van der Waals surface area contributed by atoms with E-state index in [9.17, 15) is 28.8 Å². The summed E-state index contributed by atoms with van der Waals surface area (Å²) in [5, 5.41) is 13.3. The molecular formula is C31H61N13O6. The van der Waals surface area contributed by atoms with Gasteiger partial charge in [0.25, 0.3) is 0 Å². The second-order valence-electron chi connectivity index (χ2n) is 12.9. The molecule has 0 unspecified atom stereocenters. The summed E-state index contributed by atoms with van der Waals surface area (Å²) in [6, 6.07) is -5.28. The molecular weight excluding hydrogens is 650 g/mol. The maximum atomic E-state index is 13.7. The lowest BCUT2D eigenvalue weighted by atomic mass is 9.99. The number of guanidine groups is 2. The molecule has 0 aliphatic rings. The first-order valence-electron chi connectivity index (χ1n) is 17.0. The fourth-order valence-corrected chi connectivity index (χ4v) is 4.87. The molecule has 0 fully saturated rings. The predicted octanol–water partition coefficient (Wildman–Crippen LogP) is -3.15. The van der Waals surface area contributed by atoms with Crippen LogP contribution in [0.5, 0.6) is 0 Å². The van der Waals surface area contributed by atoms with Crippen LogP contribution in [-0.2, 0) is 28.8 Å². The van der Waals surface area contributed by atoms with Gasteiger partial charge in [-0.15, -0.1) is 0 Å². The average molecular weight is 712 g/mol. The lowest BCUT2D eigenvalue weighted by Crippen LogP contribution is -2.60. The summed E-state index contributed by atoms with van der Waals surface area (Å²) >= 11 is 0. The highest BCUT2D eigenvalue weighted by Crippen LogP contribution is 2.10. The molecule has 5 atom stereocenters. The Labute approximate surface area is 294 Å². The van der Waals surface area contributed by atoms with Crippen LogP contribution >= 0.6 is 0 Å². The van der Waals surface area contributed by atoms with Gasteiger partial charge in [-0.3, -0.25) is 38.8 Å². The number of rotatable bonds is 25. The second kappa shape index (κ2) is 24.5. The number of carbonyl (C=O) groups is 6. The van der Waals surface area contributed by atoms with Crippen molar-refractivity contribution >= 4 is 47.4 Å². The van der Waals surface area contributed by atoms with Gasteiger partial charge in [-0.2, -0.15) is 0 Å². The van der Waals surface area contributed by atoms with Gasteiger partial charge in [0.1, 0.15) is 30.2 Å². The van der Waals surface area contributed by atoms with E-state index in [0.29, 0.717) is 38.6 Å². The van der Waals surface area contributed by atoms with E-state index in [0.717, 1.165) is 0 Å². The van der Waals surface area contributed by atoms with Gasteiger partial charge in [0.2, 0.25) is 35.4 Å². The smallest absolute Gasteiger partial charge is 0.243 e. The fourth-order valence-electron chi connectivity index (χ4n) is 4.87. The number of unbranched alkanes of at least 4 members (excludes halogenated alkanes) is 1. The zero-order valence-corrected chi connectivity index (χ0v) is 30.1. The van der Waals surface area contributed by atoms with Crippen LogP contribution in [0.25, 0.3) is 0 Å². The highest BCUT2D eigenvalue weighted by atomic mass is 16.2. The fraction of sp³-hybridized carbons (Fsp3) is 0.742. The van der Waals surface area contributed by atoms with Crippen LogP contribution in [0.1, 0.15) is 86.0 Å². The molecule has 0 saturated heterocycles. The van der Waals surface area contributed by atoms with Gasteiger partial charge in [-0.25, -0.2) is 0 Å². The van der Waals surface area contributed by atoms with E-state index >= 15 is 0 Å². The Hall–Kier alpha value is -4.68. The minimum Gasteiger partial charge on any atom is -0.370 e. The van der Waals surface area contributed by atoms with Crippen molar-refractivity contribution in [3.05, 3.63) is 0 Å². The van der Waals surface area contributed by atoms with E-state index in [4.69, 9.17) is 34.4 Å². The molecule has 0 radical (unpaired) electrons. The van der Waals surface area contributed by atoms with Crippen LogP contribution in [-0.4, -0.2) is 97.2 Å². The first-order chi connectivity index (χ1) is 23.4. The number of primary amides is 1. The molecule has 286 valence electrons. The molecule has 17 N–H and O–H groups in total. The zero-order valence-electron chi connectivity index (χ0n) is 30.1. The Morgan fingerprint density at radius 3 is 1.44 bits per heavy atom. The highest BCUT2D eigenvalue weighted by Gasteiger charge is 2.33. The van der Waals surface area contributed by atoms with E-state index in [-0.39, 0.29) is 50.2 Å². The minimum atomic E-state index is -1.13. The summed E-state index contributed by atoms with van der Waals surface area (Å²) in [6.45, 7) is 9.23. The molecule has 0 aliphatic carbocycles. The molecule has 6 amide bonds. The van der Waals surface area contributed by atoms with Crippen LogP contribution in [0.2, 0.25) is 0 Å². The van der Waals surface area contributed by atoms with Crippen LogP contribution in [0.4, 0.5) is 0 Å². The predicted molar refractivity (Wildman–Crippen MR) is 192 cm³/mol. The maximum Gasteiger partial charge on any atom is 0.243 e. The molecule has 0 aliphatic heterocycles. The monoisotopic (exact) mass is 711 g/mol. The summed E-state index contributed by atoms with van der Waals surface area (Å²) in [7, 11) is 0. The topological polar surface area (TPSA) is 343 Å². The molecule has 0 spiro atoms. The lowest BCUT2D eigenvalue weighted by molar-refractivity contribution is -0.135. The summed E-state index contributed by atoms with van der Waals surface area (Å²) in [6.07, 6.45) is 2.49. The molecule has 0 heterocycles. The van der Waals surface area contributed by atoms with Crippen molar-refractivity contribution in [2.24, 2.45) is 56.2 Å². The normalized spacial score (nSPS) is 13.9. The summed E-state index contributed by atoms with van der Waals surface area (Å²) < 4.78 is 0. The van der Waals surface area contributed by atoms with E-state index in [2.05, 4.69) is 36.6 Å². The van der Waals surface area contributed by atoms with Crippen LogP contribution < -0.4 is 61.0 Å². The third-order valence-corrected chi connectivity index (χ3v) is 7.41. The maximum absolute atomic E-state index is 13.7. The summed E-state index contributed by atoms with van der Waals surface area (Å²) in [5.41, 5.74) is 32.7. The number of hydrogen-bond donors (Lipinski definition) is 11. The molecule has 19 nitrogen and oxygen atoms in total. The lowest BCUT2D eigenvalue weighted by Gasteiger charge is -2.28. The molecule has 0 aromatic heterocycles.